The molecule has 0 saturated heterocycles. The zero-order valence-electron chi connectivity index (χ0n) is 15.6. The summed E-state index contributed by atoms with van der Waals surface area (Å²) in [7, 11) is 0. The van der Waals surface area contributed by atoms with E-state index in [1.165, 1.54) is 0 Å². The Morgan fingerprint density at radius 2 is 1.86 bits per heavy atom. The minimum absolute atomic E-state index is 0.0194. The molecule has 142 valence electrons. The van der Waals surface area contributed by atoms with Gasteiger partial charge in [0.05, 0.1) is 12.7 Å². The van der Waals surface area contributed by atoms with Crippen molar-refractivity contribution in [3.05, 3.63) is 78.0 Å². The lowest BCUT2D eigenvalue weighted by Crippen LogP contribution is -2.17. The molecule has 0 bridgehead atoms. The van der Waals surface area contributed by atoms with Gasteiger partial charge in [-0.3, -0.25) is 9.59 Å². The second-order valence-corrected chi connectivity index (χ2v) is 7.20. The van der Waals surface area contributed by atoms with E-state index in [0.29, 0.717) is 29.5 Å². The summed E-state index contributed by atoms with van der Waals surface area (Å²) in [4.78, 5) is 24.8. The third-order valence-corrected chi connectivity index (χ3v) is 4.97. The first kappa shape index (κ1) is 18.0. The number of amides is 2. The summed E-state index contributed by atoms with van der Waals surface area (Å²) in [6.07, 6.45) is 2.59. The lowest BCUT2D eigenvalue weighted by Gasteiger charge is -2.10. The van der Waals surface area contributed by atoms with Crippen molar-refractivity contribution in [1.82, 2.24) is 9.78 Å². The van der Waals surface area contributed by atoms with Crippen LogP contribution in [0.3, 0.4) is 0 Å². The van der Waals surface area contributed by atoms with Gasteiger partial charge in [-0.05, 0) is 36.1 Å². The molecule has 1 aliphatic rings. The number of aromatic nitrogens is 2. The molecule has 2 aromatic carbocycles. The monoisotopic (exact) mass is 374 g/mol. The third-order valence-electron chi connectivity index (χ3n) is 4.97. The van der Waals surface area contributed by atoms with Gasteiger partial charge in [0.25, 0.3) is 5.91 Å². The molecule has 6 nitrogen and oxygen atoms in total. The Balaban J connectivity index is 1.44. The van der Waals surface area contributed by atoms with Crippen molar-refractivity contribution >= 4 is 23.3 Å². The summed E-state index contributed by atoms with van der Waals surface area (Å²) in [5, 5.41) is 10.1. The van der Waals surface area contributed by atoms with E-state index in [0.717, 1.165) is 12.0 Å². The number of hydrogen-bond donors (Lipinski definition) is 2. The molecule has 2 unspecified atom stereocenters. The molecule has 3 aromatic rings. The quantitative estimate of drug-likeness (QED) is 0.689. The molecule has 28 heavy (non-hydrogen) atoms. The molecule has 1 fully saturated rings. The van der Waals surface area contributed by atoms with E-state index < -0.39 is 0 Å². The molecule has 1 aromatic heterocycles. The molecule has 6 heteroatoms. The zero-order chi connectivity index (χ0) is 19.5. The third kappa shape index (κ3) is 4.11. The van der Waals surface area contributed by atoms with Gasteiger partial charge >= 0.3 is 0 Å². The van der Waals surface area contributed by atoms with Crippen molar-refractivity contribution < 1.29 is 9.59 Å². The fraction of sp³-hybridized carbons (Fsp3) is 0.227. The van der Waals surface area contributed by atoms with Crippen LogP contribution >= 0.6 is 0 Å². The lowest BCUT2D eigenvalue weighted by molar-refractivity contribution is -0.117. The van der Waals surface area contributed by atoms with Crippen molar-refractivity contribution in [2.75, 3.05) is 10.6 Å². The summed E-state index contributed by atoms with van der Waals surface area (Å²) in [6, 6.07) is 18.7. The van der Waals surface area contributed by atoms with Crippen LogP contribution in [0.15, 0.2) is 66.9 Å². The maximum atomic E-state index is 12.7. The molecule has 0 spiro atoms. The highest BCUT2D eigenvalue weighted by molar-refractivity contribution is 6.05. The van der Waals surface area contributed by atoms with E-state index in [2.05, 4.69) is 22.7 Å². The van der Waals surface area contributed by atoms with E-state index in [9.17, 15) is 9.59 Å². The number of carbonyl (C=O) groups excluding carboxylic acids is 2. The first-order valence-electron chi connectivity index (χ1n) is 9.38. The Morgan fingerprint density at radius 1 is 1.07 bits per heavy atom. The van der Waals surface area contributed by atoms with Crippen molar-refractivity contribution in [1.29, 1.82) is 0 Å². The SMILES string of the molecule is CC1CC1C(=O)Nc1cccc(C(=O)Nc2ccnn2Cc2ccccc2)c1. The highest BCUT2D eigenvalue weighted by atomic mass is 16.2. The number of rotatable bonds is 6. The smallest absolute Gasteiger partial charge is 0.256 e. The maximum absolute atomic E-state index is 12.7. The second-order valence-electron chi connectivity index (χ2n) is 7.20. The predicted molar refractivity (Wildman–Crippen MR) is 108 cm³/mol. The van der Waals surface area contributed by atoms with E-state index in [1.807, 2.05) is 30.3 Å². The molecular weight excluding hydrogens is 352 g/mol. The lowest BCUT2D eigenvalue weighted by atomic mass is 10.2. The fourth-order valence-electron chi connectivity index (χ4n) is 3.17. The van der Waals surface area contributed by atoms with Crippen molar-refractivity contribution in [3.63, 3.8) is 0 Å². The van der Waals surface area contributed by atoms with Crippen LogP contribution in [-0.4, -0.2) is 21.6 Å². The minimum Gasteiger partial charge on any atom is -0.326 e. The molecule has 0 aliphatic heterocycles. The molecule has 2 N–H and O–H groups in total. The standard InChI is InChI=1S/C22H22N4O2/c1-15-12-19(15)22(28)24-18-9-5-8-17(13-18)21(27)25-20-10-11-23-26(20)14-16-6-3-2-4-7-16/h2-11,13,15,19H,12,14H2,1H3,(H,24,28)(H,25,27). The van der Waals surface area contributed by atoms with Crippen LogP contribution in [0.25, 0.3) is 0 Å². The predicted octanol–water partition coefficient (Wildman–Crippen LogP) is 3.78. The largest absolute Gasteiger partial charge is 0.326 e. The topological polar surface area (TPSA) is 76.0 Å². The first-order valence-corrected chi connectivity index (χ1v) is 9.38. The Hall–Kier alpha value is -3.41. The maximum Gasteiger partial charge on any atom is 0.256 e. The molecule has 1 heterocycles. The summed E-state index contributed by atoms with van der Waals surface area (Å²) >= 11 is 0. The Morgan fingerprint density at radius 3 is 2.61 bits per heavy atom. The molecular formula is C22H22N4O2. The van der Waals surface area contributed by atoms with Crippen LogP contribution in [0.4, 0.5) is 11.5 Å². The van der Waals surface area contributed by atoms with Crippen LogP contribution in [0.2, 0.25) is 0 Å². The average Bonchev–Trinajstić information content (AvgIpc) is 3.29. The van der Waals surface area contributed by atoms with Gasteiger partial charge in [0.15, 0.2) is 0 Å². The Bertz CT molecular complexity index is 997. The number of nitrogens with zero attached hydrogens (tertiary/aromatic N) is 2. The summed E-state index contributed by atoms with van der Waals surface area (Å²) in [5.41, 5.74) is 2.21. The normalized spacial score (nSPS) is 17.8. The number of anilines is 2. The highest BCUT2D eigenvalue weighted by Crippen LogP contribution is 2.38. The Labute approximate surface area is 163 Å². The molecule has 2 atom stereocenters. The number of nitrogens with one attached hydrogen (secondary N) is 2. The van der Waals surface area contributed by atoms with Crippen molar-refractivity contribution in [3.8, 4) is 0 Å². The molecule has 4 rings (SSSR count). The zero-order valence-corrected chi connectivity index (χ0v) is 15.6. The minimum atomic E-state index is -0.245. The van der Waals surface area contributed by atoms with Gasteiger partial charge < -0.3 is 10.6 Å². The number of benzene rings is 2. The summed E-state index contributed by atoms with van der Waals surface area (Å²) in [5.74, 6) is 0.924. The van der Waals surface area contributed by atoms with Gasteiger partial charge in [-0.1, -0.05) is 43.3 Å². The average molecular weight is 374 g/mol. The molecule has 2 amide bonds. The van der Waals surface area contributed by atoms with Gasteiger partial charge in [0.1, 0.15) is 5.82 Å². The van der Waals surface area contributed by atoms with Crippen molar-refractivity contribution in [2.45, 2.75) is 19.9 Å². The summed E-state index contributed by atoms with van der Waals surface area (Å²) < 4.78 is 1.74. The van der Waals surface area contributed by atoms with Crippen LogP contribution in [0, 0.1) is 11.8 Å². The van der Waals surface area contributed by atoms with Crippen molar-refractivity contribution in [2.24, 2.45) is 11.8 Å². The molecule has 1 aliphatic carbocycles. The van der Waals surface area contributed by atoms with Crippen LogP contribution in [0.1, 0.15) is 29.3 Å². The van der Waals surface area contributed by atoms with E-state index >= 15 is 0 Å². The van der Waals surface area contributed by atoms with Crippen LogP contribution < -0.4 is 10.6 Å². The number of carbonyl (C=O) groups is 2. The second kappa shape index (κ2) is 7.68. The fourth-order valence-corrected chi connectivity index (χ4v) is 3.17. The number of hydrogen-bond acceptors (Lipinski definition) is 3. The van der Waals surface area contributed by atoms with Crippen LogP contribution in [-0.2, 0) is 11.3 Å². The Kier molecular flexibility index (Phi) is 4.93. The van der Waals surface area contributed by atoms with Gasteiger partial charge in [-0.25, -0.2) is 4.68 Å². The molecule has 1 saturated carbocycles. The van der Waals surface area contributed by atoms with E-state index in [4.69, 9.17) is 0 Å². The molecule has 0 radical (unpaired) electrons. The van der Waals surface area contributed by atoms with E-state index in [-0.39, 0.29) is 17.7 Å². The first-order chi connectivity index (χ1) is 13.6. The van der Waals surface area contributed by atoms with Gasteiger partial charge in [-0.2, -0.15) is 5.10 Å². The van der Waals surface area contributed by atoms with Gasteiger partial charge in [0.2, 0.25) is 5.91 Å². The van der Waals surface area contributed by atoms with E-state index in [1.54, 1.807) is 41.2 Å². The van der Waals surface area contributed by atoms with Crippen LogP contribution in [0.5, 0.6) is 0 Å². The van der Waals surface area contributed by atoms with Gasteiger partial charge in [-0.15, -0.1) is 0 Å². The van der Waals surface area contributed by atoms with Gasteiger partial charge in [0, 0.05) is 23.2 Å². The highest BCUT2D eigenvalue weighted by Gasteiger charge is 2.39. The summed E-state index contributed by atoms with van der Waals surface area (Å²) in [6.45, 7) is 2.63.